The van der Waals surface area contributed by atoms with Crippen LogP contribution < -0.4 is 0 Å². The number of hydroxylamine groups is 2. The van der Waals surface area contributed by atoms with Crippen molar-refractivity contribution >= 4 is 12.4 Å². The van der Waals surface area contributed by atoms with Crippen LogP contribution >= 0.6 is 0 Å². The Labute approximate surface area is 116 Å². The van der Waals surface area contributed by atoms with Gasteiger partial charge in [-0.05, 0) is 23.3 Å². The molecule has 0 unspecified atom stereocenters. The van der Waals surface area contributed by atoms with Gasteiger partial charge in [-0.2, -0.15) is 0 Å². The number of rotatable bonds is 5. The summed E-state index contributed by atoms with van der Waals surface area (Å²) in [5, 5.41) is 24.5. The molecule has 2 rings (SSSR count). The number of hydrogen-bond acceptors (Lipinski definition) is 7. The van der Waals surface area contributed by atoms with Crippen LogP contribution in [0, 0.1) is 0 Å². The standard InChI is InChI=1S/C13H16N4O3/c18-14-9-12-1-5-16(6-2-12)11-20-17-7-3-13(4-8-17)10-15-19/h1-5,7,9-10,18-19H,6,8,11H2. The molecule has 0 aromatic rings. The van der Waals surface area contributed by atoms with Gasteiger partial charge in [0.2, 0.25) is 0 Å². The van der Waals surface area contributed by atoms with Gasteiger partial charge >= 0.3 is 0 Å². The molecule has 0 radical (unpaired) electrons. The van der Waals surface area contributed by atoms with E-state index >= 15 is 0 Å². The largest absolute Gasteiger partial charge is 0.411 e. The first-order chi connectivity index (χ1) is 9.81. The molecule has 0 bridgehead atoms. The Hall–Kier alpha value is -2.54. The van der Waals surface area contributed by atoms with Crippen LogP contribution in [0.1, 0.15) is 0 Å². The van der Waals surface area contributed by atoms with E-state index in [4.69, 9.17) is 15.3 Å². The fourth-order valence-corrected chi connectivity index (χ4v) is 1.70. The normalized spacial score (nSPS) is 19.0. The van der Waals surface area contributed by atoms with E-state index in [-0.39, 0.29) is 0 Å². The molecule has 0 atom stereocenters. The maximum Gasteiger partial charge on any atom is 0.146 e. The predicted molar refractivity (Wildman–Crippen MR) is 74.4 cm³/mol. The average molecular weight is 276 g/mol. The molecular formula is C13H16N4O3. The zero-order valence-corrected chi connectivity index (χ0v) is 10.8. The topological polar surface area (TPSA) is 80.9 Å². The van der Waals surface area contributed by atoms with Crippen molar-refractivity contribution < 1.29 is 15.3 Å². The van der Waals surface area contributed by atoms with Gasteiger partial charge in [-0.3, -0.25) is 9.90 Å². The first kappa shape index (κ1) is 13.9. The summed E-state index contributed by atoms with van der Waals surface area (Å²) < 4.78 is 0. The Morgan fingerprint density at radius 2 is 1.70 bits per heavy atom. The molecule has 2 heterocycles. The van der Waals surface area contributed by atoms with Gasteiger partial charge in [-0.15, -0.1) is 0 Å². The van der Waals surface area contributed by atoms with E-state index in [0.29, 0.717) is 19.8 Å². The Morgan fingerprint density at radius 1 is 1.05 bits per heavy atom. The Bertz CT molecular complexity index is 460. The second kappa shape index (κ2) is 7.15. The zero-order valence-electron chi connectivity index (χ0n) is 10.8. The third-order valence-corrected chi connectivity index (χ3v) is 2.78. The van der Waals surface area contributed by atoms with Gasteiger partial charge in [-0.25, -0.2) is 0 Å². The second-order valence-electron chi connectivity index (χ2n) is 4.16. The van der Waals surface area contributed by atoms with Gasteiger partial charge in [0.05, 0.1) is 19.0 Å². The summed E-state index contributed by atoms with van der Waals surface area (Å²) in [5.41, 5.74) is 1.69. The maximum absolute atomic E-state index is 8.43. The first-order valence-corrected chi connectivity index (χ1v) is 6.07. The Kier molecular flexibility index (Phi) is 4.96. The molecule has 7 heteroatoms. The highest BCUT2D eigenvalue weighted by molar-refractivity contribution is 5.82. The lowest BCUT2D eigenvalue weighted by atomic mass is 10.2. The monoisotopic (exact) mass is 276 g/mol. The van der Waals surface area contributed by atoms with Crippen LogP contribution in [0.15, 0.2) is 58.2 Å². The van der Waals surface area contributed by atoms with Crippen molar-refractivity contribution in [1.82, 2.24) is 9.96 Å². The van der Waals surface area contributed by atoms with Gasteiger partial charge < -0.3 is 15.3 Å². The Balaban J connectivity index is 1.73. The van der Waals surface area contributed by atoms with Crippen molar-refractivity contribution in [3.05, 3.63) is 47.9 Å². The molecule has 0 fully saturated rings. The number of hydrogen-bond donors (Lipinski definition) is 2. The quantitative estimate of drug-likeness (QED) is 0.449. The molecule has 20 heavy (non-hydrogen) atoms. The van der Waals surface area contributed by atoms with Crippen molar-refractivity contribution in [2.75, 3.05) is 19.8 Å². The van der Waals surface area contributed by atoms with Crippen molar-refractivity contribution in [2.24, 2.45) is 10.3 Å². The van der Waals surface area contributed by atoms with Crippen molar-refractivity contribution in [3.8, 4) is 0 Å². The van der Waals surface area contributed by atoms with Crippen molar-refractivity contribution in [1.29, 1.82) is 0 Å². The van der Waals surface area contributed by atoms with Crippen LogP contribution in [-0.2, 0) is 4.84 Å². The van der Waals surface area contributed by atoms with E-state index in [1.165, 1.54) is 12.4 Å². The molecule has 0 aliphatic carbocycles. The summed E-state index contributed by atoms with van der Waals surface area (Å²) in [6.45, 7) is 1.69. The lowest BCUT2D eigenvalue weighted by Crippen LogP contribution is -2.30. The zero-order chi connectivity index (χ0) is 14.2. The average Bonchev–Trinajstić information content (AvgIpc) is 2.49. The van der Waals surface area contributed by atoms with Gasteiger partial charge in [0.1, 0.15) is 6.73 Å². The second-order valence-corrected chi connectivity index (χ2v) is 4.16. The highest BCUT2D eigenvalue weighted by atomic mass is 16.7. The summed E-state index contributed by atoms with van der Waals surface area (Å²) in [5.74, 6) is 0. The SMILES string of the molecule is ON=CC1=CCN(CON2C=CC(C=NO)=CC2)C=C1. The lowest BCUT2D eigenvalue weighted by Gasteiger charge is -2.26. The van der Waals surface area contributed by atoms with Gasteiger partial charge in [0.25, 0.3) is 0 Å². The van der Waals surface area contributed by atoms with Crippen LogP contribution in [0.5, 0.6) is 0 Å². The van der Waals surface area contributed by atoms with Crippen LogP contribution in [0.3, 0.4) is 0 Å². The molecule has 7 nitrogen and oxygen atoms in total. The number of nitrogens with zero attached hydrogens (tertiary/aromatic N) is 4. The van der Waals surface area contributed by atoms with Crippen LogP contribution in [0.25, 0.3) is 0 Å². The van der Waals surface area contributed by atoms with E-state index < -0.39 is 0 Å². The molecule has 2 aliphatic rings. The summed E-state index contributed by atoms with van der Waals surface area (Å²) in [6.07, 6.45) is 13.9. The van der Waals surface area contributed by atoms with Crippen molar-refractivity contribution in [2.45, 2.75) is 0 Å². The minimum absolute atomic E-state index is 0.415. The summed E-state index contributed by atoms with van der Waals surface area (Å²) >= 11 is 0. The van der Waals surface area contributed by atoms with Crippen LogP contribution in [-0.4, -0.2) is 52.6 Å². The molecular weight excluding hydrogens is 260 g/mol. The van der Waals surface area contributed by atoms with Gasteiger partial charge in [0.15, 0.2) is 0 Å². The first-order valence-electron chi connectivity index (χ1n) is 6.07. The minimum Gasteiger partial charge on any atom is -0.411 e. The van der Waals surface area contributed by atoms with Gasteiger partial charge in [0, 0.05) is 18.9 Å². The highest BCUT2D eigenvalue weighted by Gasteiger charge is 2.08. The maximum atomic E-state index is 8.43. The third-order valence-electron chi connectivity index (χ3n) is 2.78. The lowest BCUT2D eigenvalue weighted by molar-refractivity contribution is -0.144. The smallest absolute Gasteiger partial charge is 0.146 e. The van der Waals surface area contributed by atoms with E-state index in [1.807, 2.05) is 29.3 Å². The van der Waals surface area contributed by atoms with E-state index in [2.05, 4.69) is 10.3 Å². The van der Waals surface area contributed by atoms with E-state index in [9.17, 15) is 0 Å². The number of allylic oxidation sites excluding steroid dienone is 4. The summed E-state index contributed by atoms with van der Waals surface area (Å²) in [4.78, 5) is 7.57. The van der Waals surface area contributed by atoms with E-state index in [0.717, 1.165) is 11.1 Å². The molecule has 0 saturated carbocycles. The van der Waals surface area contributed by atoms with Gasteiger partial charge in [-0.1, -0.05) is 22.5 Å². The van der Waals surface area contributed by atoms with Crippen molar-refractivity contribution in [3.63, 3.8) is 0 Å². The molecule has 0 spiro atoms. The number of oxime groups is 2. The summed E-state index contributed by atoms with van der Waals surface area (Å²) in [7, 11) is 0. The Morgan fingerprint density at radius 3 is 2.20 bits per heavy atom. The molecule has 0 aromatic carbocycles. The fraction of sp³-hybridized carbons (Fsp3) is 0.231. The third kappa shape index (κ3) is 3.99. The predicted octanol–water partition coefficient (Wildman–Crippen LogP) is 1.31. The minimum atomic E-state index is 0.415. The molecule has 2 N–H and O–H groups in total. The fourth-order valence-electron chi connectivity index (χ4n) is 1.70. The molecule has 0 amide bonds. The van der Waals surface area contributed by atoms with Crippen LogP contribution in [0.4, 0.5) is 0 Å². The summed E-state index contributed by atoms with van der Waals surface area (Å²) in [6, 6.07) is 0. The molecule has 106 valence electrons. The van der Waals surface area contributed by atoms with E-state index in [1.54, 1.807) is 17.3 Å². The highest BCUT2D eigenvalue weighted by Crippen LogP contribution is 2.09. The molecule has 0 aromatic heterocycles. The molecule has 0 saturated heterocycles. The van der Waals surface area contributed by atoms with Crippen LogP contribution in [0.2, 0.25) is 0 Å². The molecule has 2 aliphatic heterocycles.